The van der Waals surface area contributed by atoms with E-state index in [9.17, 15) is 9.59 Å². The molecule has 0 spiro atoms. The number of ether oxygens (including phenoxy) is 2. The van der Waals surface area contributed by atoms with Crippen molar-refractivity contribution in [1.82, 2.24) is 5.32 Å². The molecule has 0 aromatic heterocycles. The molecule has 276 valence electrons. The molecule has 0 saturated carbocycles. The van der Waals surface area contributed by atoms with E-state index in [0.717, 1.165) is 38.5 Å². The fraction of sp³-hybridized carbons (Fsp3) is 0.950. The Morgan fingerprint density at radius 1 is 0.468 bits per heavy atom. The molecule has 0 aliphatic carbocycles. The van der Waals surface area contributed by atoms with E-state index >= 15 is 0 Å². The van der Waals surface area contributed by atoms with Crippen LogP contribution in [0.3, 0.4) is 0 Å². The fourth-order valence-corrected chi connectivity index (χ4v) is 6.27. The first-order valence-corrected chi connectivity index (χ1v) is 20.4. The van der Waals surface area contributed by atoms with Gasteiger partial charge >= 0.3 is 47.4 Å². The van der Waals surface area contributed by atoms with Gasteiger partial charge in [0.05, 0.1) is 6.54 Å². The quantitative estimate of drug-likeness (QED) is 0.0296. The van der Waals surface area contributed by atoms with Gasteiger partial charge in [-0.15, -0.1) is 0 Å². The first kappa shape index (κ1) is 49.0. The monoisotopic (exact) mass is 677 g/mol. The molecule has 3 N–H and O–H groups in total. The molecule has 0 unspecified atom stereocenters. The van der Waals surface area contributed by atoms with Crippen LogP contribution in [-0.4, -0.2) is 30.9 Å². The van der Waals surface area contributed by atoms with Crippen molar-refractivity contribution in [2.45, 2.75) is 232 Å². The molecule has 0 heterocycles. The molecule has 7 heteroatoms. The summed E-state index contributed by atoms with van der Waals surface area (Å²) in [6.45, 7) is 6.81. The summed E-state index contributed by atoms with van der Waals surface area (Å²) in [6.07, 6.45) is 39.1. The van der Waals surface area contributed by atoms with Gasteiger partial charge in [-0.2, -0.15) is 0 Å². The van der Waals surface area contributed by atoms with Gasteiger partial charge in [0.2, 0.25) is 0 Å². The SMILES string of the molecule is CCCCCCCCCCCCCCCCCC(=O)OC(CN)(NCC)OC(=O)CCCCCCCCCCCCCCCCC.[H-].[Na+]. The van der Waals surface area contributed by atoms with Crippen LogP contribution in [0, 0.1) is 0 Å². The third kappa shape index (κ3) is 34.1. The number of esters is 2. The molecule has 0 aromatic carbocycles. The minimum Gasteiger partial charge on any atom is -1.00 e. The van der Waals surface area contributed by atoms with Gasteiger partial charge in [0.15, 0.2) is 0 Å². The van der Waals surface area contributed by atoms with Crippen LogP contribution < -0.4 is 40.6 Å². The molecule has 0 amide bonds. The Balaban J connectivity index is -0.0000101. The van der Waals surface area contributed by atoms with Gasteiger partial charge in [0.1, 0.15) is 0 Å². The van der Waals surface area contributed by atoms with E-state index in [1.54, 1.807) is 0 Å². The normalized spacial score (nSPS) is 11.4. The second-order valence-electron chi connectivity index (χ2n) is 13.8. The van der Waals surface area contributed by atoms with E-state index in [4.69, 9.17) is 15.2 Å². The maximum absolute atomic E-state index is 12.6. The molecule has 0 aromatic rings. The minimum atomic E-state index is -1.56. The topological polar surface area (TPSA) is 90.7 Å². The maximum Gasteiger partial charge on any atom is 1.00 e. The zero-order valence-electron chi connectivity index (χ0n) is 33.3. The summed E-state index contributed by atoms with van der Waals surface area (Å²) in [7, 11) is 0. The van der Waals surface area contributed by atoms with Crippen LogP contribution in [-0.2, 0) is 19.1 Å². The molecular weight excluding hydrogens is 595 g/mol. The van der Waals surface area contributed by atoms with E-state index in [2.05, 4.69) is 19.2 Å². The van der Waals surface area contributed by atoms with Crippen LogP contribution in [0.5, 0.6) is 0 Å². The smallest absolute Gasteiger partial charge is 1.00 e. The Morgan fingerprint density at radius 3 is 0.915 bits per heavy atom. The summed E-state index contributed by atoms with van der Waals surface area (Å²) in [5.41, 5.74) is 5.94. The zero-order chi connectivity index (χ0) is 33.8. The summed E-state index contributed by atoms with van der Waals surface area (Å²) in [6, 6.07) is 0. The summed E-state index contributed by atoms with van der Waals surface area (Å²) in [5.74, 6) is -2.28. The maximum atomic E-state index is 12.6. The van der Waals surface area contributed by atoms with Crippen molar-refractivity contribution in [3.63, 3.8) is 0 Å². The van der Waals surface area contributed by atoms with Crippen molar-refractivity contribution in [3.05, 3.63) is 0 Å². The van der Waals surface area contributed by atoms with Crippen LogP contribution in [0.2, 0.25) is 0 Å². The van der Waals surface area contributed by atoms with Crippen molar-refractivity contribution in [3.8, 4) is 0 Å². The molecule has 0 radical (unpaired) electrons. The molecule has 0 rings (SSSR count). The van der Waals surface area contributed by atoms with Gasteiger partial charge in [0.25, 0.3) is 0 Å². The van der Waals surface area contributed by atoms with Gasteiger partial charge in [0, 0.05) is 12.8 Å². The van der Waals surface area contributed by atoms with Gasteiger partial charge in [-0.1, -0.05) is 201 Å². The van der Waals surface area contributed by atoms with E-state index in [1.807, 2.05) is 6.92 Å². The molecule has 0 aliphatic rings. The number of rotatable bonds is 37. The zero-order valence-corrected chi connectivity index (χ0v) is 34.3. The van der Waals surface area contributed by atoms with Gasteiger partial charge in [-0.05, 0) is 19.4 Å². The molecule has 0 atom stereocenters. The Bertz CT molecular complexity index is 623. The molecule has 0 bridgehead atoms. The van der Waals surface area contributed by atoms with Crippen LogP contribution in [0.1, 0.15) is 228 Å². The summed E-state index contributed by atoms with van der Waals surface area (Å²) in [5, 5.41) is 3.00. The van der Waals surface area contributed by atoms with Gasteiger partial charge in [-0.25, -0.2) is 5.32 Å². The standard InChI is InChI=1S/C40H80N2O4.Na.H/c1-4-7-9-11-13-15-17-19-21-23-25-27-29-31-33-35-38(43)45-40(37-41,42-6-3)46-39(44)36-34-32-30-28-26-24-22-20-18-16-14-12-10-8-5-2;;/h42H,4-37,41H2,1-3H3;;/q;+1;-1. The third-order valence-electron chi connectivity index (χ3n) is 9.24. The molecule has 6 nitrogen and oxygen atoms in total. The van der Waals surface area contributed by atoms with Crippen LogP contribution in [0.15, 0.2) is 0 Å². The summed E-state index contributed by atoms with van der Waals surface area (Å²) >= 11 is 0. The second kappa shape index (κ2) is 38.7. The van der Waals surface area contributed by atoms with Crippen molar-refractivity contribution < 1.29 is 50.0 Å². The molecule has 0 aliphatic heterocycles. The van der Waals surface area contributed by atoms with Gasteiger partial charge in [-0.3, -0.25) is 9.59 Å². The Morgan fingerprint density at radius 2 is 0.702 bits per heavy atom. The fourth-order valence-electron chi connectivity index (χ4n) is 6.27. The van der Waals surface area contributed by atoms with E-state index in [-0.39, 0.29) is 49.5 Å². The number of carbonyl (C=O) groups excluding carboxylic acids is 2. The number of hydrogen-bond donors (Lipinski definition) is 2. The van der Waals surface area contributed by atoms with E-state index in [0.29, 0.717) is 19.4 Å². The molecular formula is C40H81N2NaO4. The predicted octanol–water partition coefficient (Wildman–Crippen LogP) is 8.93. The Kier molecular flexibility index (Phi) is 40.3. The summed E-state index contributed by atoms with van der Waals surface area (Å²) < 4.78 is 11.3. The number of hydrogen-bond acceptors (Lipinski definition) is 6. The first-order valence-electron chi connectivity index (χ1n) is 20.4. The van der Waals surface area contributed by atoms with Crippen molar-refractivity contribution in [2.24, 2.45) is 5.73 Å². The number of unbranched alkanes of at least 4 members (excludes halogenated alkanes) is 28. The summed E-state index contributed by atoms with van der Waals surface area (Å²) in [4.78, 5) is 25.2. The average Bonchev–Trinajstić information content (AvgIpc) is 3.04. The third-order valence-corrected chi connectivity index (χ3v) is 9.24. The van der Waals surface area contributed by atoms with Gasteiger partial charge < -0.3 is 16.6 Å². The first-order chi connectivity index (χ1) is 22.5. The largest absolute Gasteiger partial charge is 1.00 e. The number of nitrogens with two attached hydrogens (primary N) is 1. The van der Waals surface area contributed by atoms with E-state index in [1.165, 1.54) is 154 Å². The number of likely N-dealkylation sites (N-methyl/N-ethyl adjacent to an activating group) is 1. The number of nitrogens with one attached hydrogen (secondary N) is 1. The number of carbonyl (C=O) groups is 2. The van der Waals surface area contributed by atoms with Crippen LogP contribution in [0.4, 0.5) is 0 Å². The van der Waals surface area contributed by atoms with Crippen molar-refractivity contribution >= 4 is 11.9 Å². The van der Waals surface area contributed by atoms with E-state index < -0.39 is 5.91 Å². The van der Waals surface area contributed by atoms with Crippen LogP contribution in [0.25, 0.3) is 0 Å². The van der Waals surface area contributed by atoms with Crippen LogP contribution >= 0.6 is 0 Å². The minimum absolute atomic E-state index is 0. The van der Waals surface area contributed by atoms with Crippen molar-refractivity contribution in [2.75, 3.05) is 13.1 Å². The predicted molar refractivity (Wildman–Crippen MR) is 198 cm³/mol. The average molecular weight is 677 g/mol. The van der Waals surface area contributed by atoms with Crippen molar-refractivity contribution in [1.29, 1.82) is 0 Å². The molecule has 47 heavy (non-hydrogen) atoms. The molecule has 0 saturated heterocycles. The Hall–Kier alpha value is -0.140. The molecule has 0 fully saturated rings. The Labute approximate surface area is 316 Å². The second-order valence-corrected chi connectivity index (χ2v) is 13.8.